The summed E-state index contributed by atoms with van der Waals surface area (Å²) in [6.45, 7) is 0.507. The molecule has 0 saturated heterocycles. The molecular formula is C20H16Cl2N4. The SMILES string of the molecule is Clc1nc(Cc2ccccc2)nc2c1cnn2CC(Cl)c1ccccc1. The quantitative estimate of drug-likeness (QED) is 0.358. The van der Waals surface area contributed by atoms with E-state index in [9.17, 15) is 0 Å². The van der Waals surface area contributed by atoms with Gasteiger partial charge < -0.3 is 0 Å². The second-order valence-electron chi connectivity index (χ2n) is 6.04. The van der Waals surface area contributed by atoms with Crippen LogP contribution in [0, 0.1) is 0 Å². The van der Waals surface area contributed by atoms with Gasteiger partial charge in [-0.15, -0.1) is 11.6 Å². The van der Waals surface area contributed by atoms with Crippen LogP contribution in [0.4, 0.5) is 0 Å². The van der Waals surface area contributed by atoms with Gasteiger partial charge in [-0.1, -0.05) is 72.3 Å². The number of fused-ring (bicyclic) bond motifs is 1. The molecule has 2 aromatic carbocycles. The summed E-state index contributed by atoms with van der Waals surface area (Å²) in [5, 5.41) is 5.36. The summed E-state index contributed by atoms with van der Waals surface area (Å²) < 4.78 is 1.79. The Balaban J connectivity index is 1.65. The lowest BCUT2D eigenvalue weighted by Crippen LogP contribution is -2.08. The Bertz CT molecular complexity index is 1020. The molecule has 0 aliphatic heterocycles. The van der Waals surface area contributed by atoms with Crippen LogP contribution in [0.1, 0.15) is 22.3 Å². The minimum Gasteiger partial charge on any atom is -0.245 e. The first-order valence-electron chi connectivity index (χ1n) is 8.31. The molecule has 0 spiro atoms. The van der Waals surface area contributed by atoms with Crippen molar-refractivity contribution in [2.75, 3.05) is 0 Å². The first-order valence-corrected chi connectivity index (χ1v) is 9.13. The van der Waals surface area contributed by atoms with Crippen molar-refractivity contribution in [3.63, 3.8) is 0 Å². The van der Waals surface area contributed by atoms with Crippen molar-refractivity contribution in [1.29, 1.82) is 0 Å². The van der Waals surface area contributed by atoms with Crippen molar-refractivity contribution >= 4 is 34.2 Å². The first-order chi connectivity index (χ1) is 12.7. The van der Waals surface area contributed by atoms with E-state index in [2.05, 4.69) is 15.1 Å². The zero-order valence-electron chi connectivity index (χ0n) is 13.9. The Kier molecular flexibility index (Phi) is 4.87. The molecule has 0 saturated carbocycles. The number of aromatic nitrogens is 4. The van der Waals surface area contributed by atoms with E-state index >= 15 is 0 Å². The van der Waals surface area contributed by atoms with E-state index in [-0.39, 0.29) is 5.38 Å². The van der Waals surface area contributed by atoms with Crippen molar-refractivity contribution in [2.45, 2.75) is 18.3 Å². The molecular weight excluding hydrogens is 367 g/mol. The molecule has 1 unspecified atom stereocenters. The lowest BCUT2D eigenvalue weighted by molar-refractivity contribution is 0.614. The van der Waals surface area contributed by atoms with Gasteiger partial charge in [-0.2, -0.15) is 5.10 Å². The maximum Gasteiger partial charge on any atom is 0.163 e. The second kappa shape index (κ2) is 7.44. The van der Waals surface area contributed by atoms with Gasteiger partial charge in [0.2, 0.25) is 0 Å². The topological polar surface area (TPSA) is 43.6 Å². The largest absolute Gasteiger partial charge is 0.245 e. The molecule has 0 aliphatic carbocycles. The second-order valence-corrected chi connectivity index (χ2v) is 6.92. The number of benzene rings is 2. The number of alkyl halides is 1. The predicted octanol–water partition coefficient (Wildman–Crippen LogP) is 5.05. The van der Waals surface area contributed by atoms with E-state index in [0.717, 1.165) is 16.5 Å². The van der Waals surface area contributed by atoms with Crippen LogP contribution in [-0.4, -0.2) is 19.7 Å². The van der Waals surface area contributed by atoms with E-state index in [1.807, 2.05) is 60.7 Å². The van der Waals surface area contributed by atoms with Crippen molar-refractivity contribution < 1.29 is 0 Å². The van der Waals surface area contributed by atoms with Crippen LogP contribution >= 0.6 is 23.2 Å². The molecule has 26 heavy (non-hydrogen) atoms. The minimum absolute atomic E-state index is 0.203. The summed E-state index contributed by atoms with van der Waals surface area (Å²) >= 11 is 12.9. The molecule has 0 radical (unpaired) electrons. The fourth-order valence-corrected chi connectivity index (χ4v) is 3.38. The normalized spacial score (nSPS) is 12.4. The molecule has 2 aromatic heterocycles. The molecule has 2 heterocycles. The fourth-order valence-electron chi connectivity index (χ4n) is 2.87. The number of nitrogens with zero attached hydrogens (tertiary/aromatic N) is 4. The Morgan fingerprint density at radius 3 is 2.35 bits per heavy atom. The van der Waals surface area contributed by atoms with Crippen LogP contribution in [0.25, 0.3) is 11.0 Å². The van der Waals surface area contributed by atoms with E-state index < -0.39 is 0 Å². The molecule has 0 bridgehead atoms. The first kappa shape index (κ1) is 17.0. The van der Waals surface area contributed by atoms with Crippen LogP contribution < -0.4 is 0 Å². The number of hydrogen-bond acceptors (Lipinski definition) is 3. The summed E-state index contributed by atoms with van der Waals surface area (Å²) in [7, 11) is 0. The van der Waals surface area contributed by atoms with Gasteiger partial charge >= 0.3 is 0 Å². The number of halogens is 2. The van der Waals surface area contributed by atoms with Crippen LogP contribution in [0.2, 0.25) is 5.15 Å². The molecule has 130 valence electrons. The van der Waals surface area contributed by atoms with Crippen LogP contribution in [0.15, 0.2) is 66.9 Å². The van der Waals surface area contributed by atoms with E-state index in [4.69, 9.17) is 23.2 Å². The van der Waals surface area contributed by atoms with Gasteiger partial charge in [0.1, 0.15) is 11.0 Å². The third-order valence-corrected chi connectivity index (χ3v) is 4.87. The van der Waals surface area contributed by atoms with E-state index in [1.54, 1.807) is 10.9 Å². The lowest BCUT2D eigenvalue weighted by Gasteiger charge is -2.11. The average Bonchev–Trinajstić information content (AvgIpc) is 3.06. The highest BCUT2D eigenvalue weighted by atomic mass is 35.5. The minimum atomic E-state index is -0.203. The highest BCUT2D eigenvalue weighted by Crippen LogP contribution is 2.26. The molecule has 1 atom stereocenters. The summed E-state index contributed by atoms with van der Waals surface area (Å²) in [5.74, 6) is 0.668. The Hall–Kier alpha value is -2.43. The van der Waals surface area contributed by atoms with Crippen LogP contribution in [0.3, 0.4) is 0 Å². The average molecular weight is 383 g/mol. The van der Waals surface area contributed by atoms with Crippen LogP contribution in [-0.2, 0) is 13.0 Å². The maximum absolute atomic E-state index is 6.57. The number of hydrogen-bond donors (Lipinski definition) is 0. The van der Waals surface area contributed by atoms with Gasteiger partial charge in [-0.25, -0.2) is 14.6 Å². The highest BCUT2D eigenvalue weighted by molar-refractivity contribution is 6.33. The lowest BCUT2D eigenvalue weighted by atomic mass is 10.1. The third-order valence-electron chi connectivity index (χ3n) is 4.20. The van der Waals surface area contributed by atoms with Crippen molar-refractivity contribution in [1.82, 2.24) is 19.7 Å². The molecule has 0 N–H and O–H groups in total. The molecule has 0 fully saturated rings. The standard InChI is InChI=1S/C20H16Cl2N4/c21-17(15-9-5-2-6-10-15)13-26-20-16(12-23-26)19(22)24-18(25-20)11-14-7-3-1-4-8-14/h1-10,12,17H,11,13H2. The van der Waals surface area contributed by atoms with Gasteiger partial charge in [0.15, 0.2) is 5.65 Å². The van der Waals surface area contributed by atoms with Gasteiger partial charge in [0.25, 0.3) is 0 Å². The Labute approximate surface area is 161 Å². The summed E-state index contributed by atoms with van der Waals surface area (Å²) in [4.78, 5) is 9.10. The summed E-state index contributed by atoms with van der Waals surface area (Å²) in [6.07, 6.45) is 2.31. The molecule has 4 nitrogen and oxygen atoms in total. The van der Waals surface area contributed by atoms with Crippen molar-refractivity contribution in [2.24, 2.45) is 0 Å². The zero-order chi connectivity index (χ0) is 17.9. The highest BCUT2D eigenvalue weighted by Gasteiger charge is 2.15. The summed E-state index contributed by atoms with van der Waals surface area (Å²) in [5.41, 5.74) is 2.88. The number of rotatable bonds is 5. The van der Waals surface area contributed by atoms with Gasteiger partial charge in [0, 0.05) is 6.42 Å². The van der Waals surface area contributed by atoms with E-state index in [0.29, 0.717) is 29.6 Å². The zero-order valence-corrected chi connectivity index (χ0v) is 15.4. The van der Waals surface area contributed by atoms with Crippen molar-refractivity contribution in [3.05, 3.63) is 89.0 Å². The van der Waals surface area contributed by atoms with Crippen molar-refractivity contribution in [3.8, 4) is 0 Å². The van der Waals surface area contributed by atoms with Gasteiger partial charge in [-0.3, -0.25) is 0 Å². The maximum atomic E-state index is 6.57. The Morgan fingerprint density at radius 2 is 1.62 bits per heavy atom. The molecule has 0 aliphatic rings. The predicted molar refractivity (Wildman–Crippen MR) is 105 cm³/mol. The third kappa shape index (κ3) is 3.57. The molecule has 6 heteroatoms. The smallest absolute Gasteiger partial charge is 0.163 e. The van der Waals surface area contributed by atoms with E-state index in [1.165, 1.54) is 0 Å². The summed E-state index contributed by atoms with van der Waals surface area (Å²) in [6, 6.07) is 20.0. The molecule has 4 aromatic rings. The fraction of sp³-hybridized carbons (Fsp3) is 0.150. The monoisotopic (exact) mass is 382 g/mol. The Morgan fingerprint density at radius 1 is 0.923 bits per heavy atom. The van der Waals surface area contributed by atoms with Crippen LogP contribution in [0.5, 0.6) is 0 Å². The van der Waals surface area contributed by atoms with Gasteiger partial charge in [0.05, 0.1) is 23.5 Å². The van der Waals surface area contributed by atoms with Gasteiger partial charge in [-0.05, 0) is 11.1 Å². The molecule has 4 rings (SSSR count). The molecule has 0 amide bonds.